The Morgan fingerprint density at radius 1 is 1.31 bits per heavy atom. The highest BCUT2D eigenvalue weighted by atomic mass is 16.6. The first-order valence-electron chi connectivity index (χ1n) is 6.74. The lowest BCUT2D eigenvalue weighted by Crippen LogP contribution is -2.39. The standard InChI is InChI=1S/C14H24O2/c1-4-13(2,3)12(15)16-14(11-7-8-11)9-5-6-10-14/h11H,4-10H2,1-3H3. The Bertz CT molecular complexity index is 270. The second-order valence-corrected chi connectivity index (χ2v) is 6.17. The van der Waals surface area contributed by atoms with Crippen LogP contribution < -0.4 is 0 Å². The first-order valence-corrected chi connectivity index (χ1v) is 6.74. The summed E-state index contributed by atoms with van der Waals surface area (Å²) >= 11 is 0. The first kappa shape index (κ1) is 11.9. The molecule has 0 aromatic heterocycles. The van der Waals surface area contributed by atoms with Gasteiger partial charge >= 0.3 is 5.97 Å². The summed E-state index contributed by atoms with van der Waals surface area (Å²) in [4.78, 5) is 12.2. The van der Waals surface area contributed by atoms with Gasteiger partial charge in [0.05, 0.1) is 5.41 Å². The highest BCUT2D eigenvalue weighted by molar-refractivity contribution is 5.76. The van der Waals surface area contributed by atoms with E-state index in [9.17, 15) is 4.79 Å². The molecule has 16 heavy (non-hydrogen) atoms. The van der Waals surface area contributed by atoms with Crippen LogP contribution in [0.2, 0.25) is 0 Å². The minimum Gasteiger partial charge on any atom is -0.458 e. The monoisotopic (exact) mass is 224 g/mol. The normalized spacial score (nSPS) is 24.4. The van der Waals surface area contributed by atoms with Crippen molar-refractivity contribution in [2.75, 3.05) is 0 Å². The van der Waals surface area contributed by atoms with E-state index >= 15 is 0 Å². The maximum Gasteiger partial charge on any atom is 0.312 e. The average Bonchev–Trinajstić information content (AvgIpc) is 3.01. The third-order valence-corrected chi connectivity index (χ3v) is 4.50. The maximum atomic E-state index is 12.2. The molecule has 0 saturated heterocycles. The van der Waals surface area contributed by atoms with E-state index < -0.39 is 0 Å². The zero-order valence-corrected chi connectivity index (χ0v) is 10.8. The molecule has 2 rings (SSSR count). The van der Waals surface area contributed by atoms with E-state index in [-0.39, 0.29) is 17.0 Å². The number of carbonyl (C=O) groups excluding carboxylic acids is 1. The lowest BCUT2D eigenvalue weighted by molar-refractivity contribution is -0.172. The van der Waals surface area contributed by atoms with Gasteiger partial charge in [-0.15, -0.1) is 0 Å². The van der Waals surface area contributed by atoms with Gasteiger partial charge in [0.1, 0.15) is 5.60 Å². The third kappa shape index (κ3) is 2.11. The Labute approximate surface area is 98.7 Å². The number of esters is 1. The van der Waals surface area contributed by atoms with E-state index in [1.165, 1.54) is 25.7 Å². The molecular formula is C14H24O2. The van der Waals surface area contributed by atoms with E-state index in [1.807, 2.05) is 13.8 Å². The third-order valence-electron chi connectivity index (χ3n) is 4.50. The molecule has 2 fully saturated rings. The van der Waals surface area contributed by atoms with Gasteiger partial charge in [-0.1, -0.05) is 6.92 Å². The van der Waals surface area contributed by atoms with Crippen LogP contribution in [0.5, 0.6) is 0 Å². The summed E-state index contributed by atoms with van der Waals surface area (Å²) in [6.45, 7) is 6.04. The van der Waals surface area contributed by atoms with Gasteiger partial charge in [0, 0.05) is 0 Å². The second kappa shape index (κ2) is 4.05. The van der Waals surface area contributed by atoms with Crippen molar-refractivity contribution in [1.82, 2.24) is 0 Å². The van der Waals surface area contributed by atoms with E-state index in [0.29, 0.717) is 5.92 Å². The lowest BCUT2D eigenvalue weighted by atomic mass is 9.89. The quantitative estimate of drug-likeness (QED) is 0.681. The van der Waals surface area contributed by atoms with Crippen molar-refractivity contribution in [2.45, 2.75) is 71.3 Å². The molecule has 0 unspecified atom stereocenters. The Morgan fingerprint density at radius 2 is 1.88 bits per heavy atom. The van der Waals surface area contributed by atoms with Gasteiger partial charge in [-0.05, 0) is 64.7 Å². The fourth-order valence-corrected chi connectivity index (χ4v) is 2.64. The molecule has 0 aromatic carbocycles. The molecule has 2 aliphatic rings. The maximum absolute atomic E-state index is 12.2. The molecule has 2 aliphatic carbocycles. The van der Waals surface area contributed by atoms with E-state index in [0.717, 1.165) is 19.3 Å². The molecule has 0 atom stereocenters. The Hall–Kier alpha value is -0.530. The van der Waals surface area contributed by atoms with E-state index in [2.05, 4.69) is 6.92 Å². The van der Waals surface area contributed by atoms with Gasteiger partial charge in [0.2, 0.25) is 0 Å². The molecule has 0 amide bonds. The Kier molecular flexibility index (Phi) is 3.02. The average molecular weight is 224 g/mol. The number of ether oxygens (including phenoxy) is 1. The summed E-state index contributed by atoms with van der Waals surface area (Å²) in [5, 5.41) is 0. The molecule has 2 heteroatoms. The topological polar surface area (TPSA) is 26.3 Å². The van der Waals surface area contributed by atoms with Crippen molar-refractivity contribution < 1.29 is 9.53 Å². The largest absolute Gasteiger partial charge is 0.458 e. The molecule has 2 nitrogen and oxygen atoms in total. The fraction of sp³-hybridized carbons (Fsp3) is 0.929. The zero-order valence-electron chi connectivity index (χ0n) is 10.8. The van der Waals surface area contributed by atoms with Crippen LogP contribution in [0.4, 0.5) is 0 Å². The number of hydrogen-bond acceptors (Lipinski definition) is 2. The van der Waals surface area contributed by atoms with Crippen LogP contribution in [-0.2, 0) is 9.53 Å². The summed E-state index contributed by atoms with van der Waals surface area (Å²) in [6.07, 6.45) is 8.05. The van der Waals surface area contributed by atoms with Gasteiger partial charge in [-0.25, -0.2) is 0 Å². The van der Waals surface area contributed by atoms with Crippen LogP contribution in [0.15, 0.2) is 0 Å². The zero-order chi connectivity index (χ0) is 11.8. The van der Waals surface area contributed by atoms with Crippen molar-refractivity contribution in [3.05, 3.63) is 0 Å². The van der Waals surface area contributed by atoms with Crippen LogP contribution in [0.3, 0.4) is 0 Å². The molecule has 0 heterocycles. The lowest BCUT2D eigenvalue weighted by Gasteiger charge is -2.33. The van der Waals surface area contributed by atoms with Crippen LogP contribution in [0.25, 0.3) is 0 Å². The van der Waals surface area contributed by atoms with Gasteiger partial charge in [-0.3, -0.25) is 4.79 Å². The van der Waals surface area contributed by atoms with Crippen molar-refractivity contribution in [2.24, 2.45) is 11.3 Å². The van der Waals surface area contributed by atoms with Crippen LogP contribution >= 0.6 is 0 Å². The highest BCUT2D eigenvalue weighted by Crippen LogP contribution is 2.51. The summed E-state index contributed by atoms with van der Waals surface area (Å²) in [6, 6.07) is 0. The Morgan fingerprint density at radius 3 is 2.31 bits per heavy atom. The molecule has 0 aliphatic heterocycles. The second-order valence-electron chi connectivity index (χ2n) is 6.17. The molecule has 0 bridgehead atoms. The molecule has 0 aromatic rings. The van der Waals surface area contributed by atoms with Gasteiger partial charge in [0.25, 0.3) is 0 Å². The predicted molar refractivity (Wildman–Crippen MR) is 64.1 cm³/mol. The summed E-state index contributed by atoms with van der Waals surface area (Å²) in [5.74, 6) is 0.690. The first-order chi connectivity index (χ1) is 7.50. The van der Waals surface area contributed by atoms with E-state index in [1.54, 1.807) is 0 Å². The number of hydrogen-bond donors (Lipinski definition) is 0. The summed E-state index contributed by atoms with van der Waals surface area (Å²) in [7, 11) is 0. The van der Waals surface area contributed by atoms with Gasteiger partial charge in [0.15, 0.2) is 0 Å². The van der Waals surface area contributed by atoms with Crippen molar-refractivity contribution in [3.8, 4) is 0 Å². The number of carbonyl (C=O) groups is 1. The van der Waals surface area contributed by atoms with Crippen molar-refractivity contribution in [1.29, 1.82) is 0 Å². The molecule has 2 saturated carbocycles. The molecule has 0 spiro atoms. The highest BCUT2D eigenvalue weighted by Gasteiger charge is 2.51. The van der Waals surface area contributed by atoms with Crippen LogP contribution in [0, 0.1) is 11.3 Å². The van der Waals surface area contributed by atoms with Gasteiger partial charge < -0.3 is 4.74 Å². The molecular weight excluding hydrogens is 200 g/mol. The smallest absolute Gasteiger partial charge is 0.312 e. The van der Waals surface area contributed by atoms with Crippen molar-refractivity contribution in [3.63, 3.8) is 0 Å². The number of rotatable bonds is 4. The molecule has 0 radical (unpaired) electrons. The van der Waals surface area contributed by atoms with Crippen LogP contribution in [0.1, 0.15) is 65.7 Å². The predicted octanol–water partition coefficient (Wildman–Crippen LogP) is 3.69. The van der Waals surface area contributed by atoms with Gasteiger partial charge in [-0.2, -0.15) is 0 Å². The Balaban J connectivity index is 2.04. The summed E-state index contributed by atoms with van der Waals surface area (Å²) in [5.41, 5.74) is -0.381. The van der Waals surface area contributed by atoms with E-state index in [4.69, 9.17) is 4.74 Å². The molecule has 92 valence electrons. The minimum absolute atomic E-state index is 0.0174. The van der Waals surface area contributed by atoms with Crippen LogP contribution in [-0.4, -0.2) is 11.6 Å². The fourth-order valence-electron chi connectivity index (χ4n) is 2.64. The molecule has 0 N–H and O–H groups in total. The van der Waals surface area contributed by atoms with Crippen molar-refractivity contribution >= 4 is 5.97 Å². The SMILES string of the molecule is CCC(C)(C)C(=O)OC1(C2CC2)CCCC1. The summed E-state index contributed by atoms with van der Waals surface area (Å²) < 4.78 is 5.94. The minimum atomic E-state index is -0.315.